The second kappa shape index (κ2) is 7.22. The third-order valence-electron chi connectivity index (χ3n) is 3.74. The topological polar surface area (TPSA) is 125 Å². The maximum absolute atomic E-state index is 12.4. The molecule has 0 unspecified atom stereocenters. The maximum Gasteiger partial charge on any atom is 0.241 e. The van der Waals surface area contributed by atoms with Gasteiger partial charge >= 0.3 is 0 Å². The van der Waals surface area contributed by atoms with Crippen molar-refractivity contribution in [2.75, 3.05) is 13.7 Å². The Kier molecular flexibility index (Phi) is 5.74. The molecule has 0 amide bonds. The number of sulfonamides is 1. The highest BCUT2D eigenvalue weighted by atomic mass is 32.2. The summed E-state index contributed by atoms with van der Waals surface area (Å²) in [6.45, 7) is 1.30. The van der Waals surface area contributed by atoms with E-state index in [-0.39, 0.29) is 4.90 Å². The molecule has 0 aliphatic carbocycles. The van der Waals surface area contributed by atoms with Crippen LogP contribution in [0.3, 0.4) is 0 Å². The second-order valence-electron chi connectivity index (χ2n) is 5.40. The van der Waals surface area contributed by atoms with Gasteiger partial charge in [0.15, 0.2) is 6.29 Å². The van der Waals surface area contributed by atoms with E-state index in [0.717, 1.165) is 5.56 Å². The van der Waals surface area contributed by atoms with Crippen LogP contribution in [0, 0.1) is 6.92 Å². The molecule has 1 aliphatic rings. The standard InChI is InChI=1S/C14H21NO7S/c1-8-3-5-9(6-4-8)23(19,20)15-11-13(18)12(17)10(7-16)22-14(11)21-2/h3-6,10-18H,7H2,1-2H3/t10-,11-,12+,13-,14-/m1/s1. The first-order valence-electron chi connectivity index (χ1n) is 7.04. The van der Waals surface area contributed by atoms with Crippen LogP contribution in [0.5, 0.6) is 0 Å². The quantitative estimate of drug-likeness (QED) is 0.523. The van der Waals surface area contributed by atoms with Gasteiger partial charge < -0.3 is 24.8 Å². The summed E-state index contributed by atoms with van der Waals surface area (Å²) < 4.78 is 37.4. The van der Waals surface area contributed by atoms with Crippen LogP contribution in [0.15, 0.2) is 29.2 Å². The molecule has 1 saturated heterocycles. The summed E-state index contributed by atoms with van der Waals surface area (Å²) in [5.41, 5.74) is 0.904. The Morgan fingerprint density at radius 2 is 1.83 bits per heavy atom. The van der Waals surface area contributed by atoms with Crippen LogP contribution in [0.4, 0.5) is 0 Å². The summed E-state index contributed by atoms with van der Waals surface area (Å²) in [4.78, 5) is 0.0175. The first-order chi connectivity index (χ1) is 10.8. The van der Waals surface area contributed by atoms with Crippen molar-refractivity contribution in [2.45, 2.75) is 42.5 Å². The Morgan fingerprint density at radius 3 is 2.35 bits per heavy atom. The van der Waals surface area contributed by atoms with Gasteiger partial charge in [-0.2, -0.15) is 0 Å². The van der Waals surface area contributed by atoms with Gasteiger partial charge in [-0.1, -0.05) is 17.7 Å². The summed E-state index contributed by atoms with van der Waals surface area (Å²) in [6, 6.07) is 4.94. The zero-order valence-electron chi connectivity index (χ0n) is 12.8. The van der Waals surface area contributed by atoms with Crippen LogP contribution < -0.4 is 4.72 Å². The summed E-state index contributed by atoms with van der Waals surface area (Å²) in [6.07, 6.45) is -5.15. The Hall–Kier alpha value is -1.07. The molecule has 0 spiro atoms. The van der Waals surface area contributed by atoms with Crippen LogP contribution in [-0.2, 0) is 19.5 Å². The molecule has 0 radical (unpaired) electrons. The van der Waals surface area contributed by atoms with Crippen molar-refractivity contribution in [3.05, 3.63) is 29.8 Å². The molecule has 0 aromatic heterocycles. The van der Waals surface area contributed by atoms with E-state index in [0.29, 0.717) is 0 Å². The van der Waals surface area contributed by atoms with Gasteiger partial charge in [-0.25, -0.2) is 13.1 Å². The van der Waals surface area contributed by atoms with Crippen molar-refractivity contribution < 1.29 is 33.2 Å². The fourth-order valence-corrected chi connectivity index (χ4v) is 3.61. The number of nitrogens with one attached hydrogen (secondary N) is 1. The zero-order valence-corrected chi connectivity index (χ0v) is 13.6. The molecule has 130 valence electrons. The van der Waals surface area contributed by atoms with Gasteiger partial charge in [0.05, 0.1) is 11.5 Å². The van der Waals surface area contributed by atoms with Crippen LogP contribution in [0.1, 0.15) is 5.56 Å². The van der Waals surface area contributed by atoms with Crippen molar-refractivity contribution >= 4 is 10.0 Å². The number of benzene rings is 1. The smallest absolute Gasteiger partial charge is 0.241 e. The van der Waals surface area contributed by atoms with E-state index in [1.807, 2.05) is 6.92 Å². The molecule has 0 saturated carbocycles. The lowest BCUT2D eigenvalue weighted by molar-refractivity contribution is -0.260. The number of aliphatic hydroxyl groups excluding tert-OH is 3. The van der Waals surface area contributed by atoms with Crippen LogP contribution >= 0.6 is 0 Å². The SMILES string of the molecule is CO[C@@H]1O[C@H](CO)[C@H](O)[C@H](O)[C@H]1NS(=O)(=O)c1ccc(C)cc1. The van der Waals surface area contributed by atoms with Gasteiger partial charge in [0, 0.05) is 7.11 Å². The van der Waals surface area contributed by atoms with Gasteiger partial charge in [0.1, 0.15) is 24.4 Å². The monoisotopic (exact) mass is 347 g/mol. The third kappa shape index (κ3) is 3.89. The number of methoxy groups -OCH3 is 1. The van der Waals surface area contributed by atoms with E-state index in [1.54, 1.807) is 12.1 Å². The lowest BCUT2D eigenvalue weighted by Crippen LogP contribution is -2.64. The summed E-state index contributed by atoms with van der Waals surface area (Å²) in [5.74, 6) is 0. The summed E-state index contributed by atoms with van der Waals surface area (Å²) in [5, 5.41) is 29.2. The normalized spacial score (nSPS) is 32.0. The van der Waals surface area contributed by atoms with E-state index in [1.165, 1.54) is 19.2 Å². The van der Waals surface area contributed by atoms with Crippen molar-refractivity contribution in [3.8, 4) is 0 Å². The Bertz CT molecular complexity index is 617. The van der Waals surface area contributed by atoms with Gasteiger partial charge in [0.2, 0.25) is 10.0 Å². The minimum Gasteiger partial charge on any atom is -0.394 e. The third-order valence-corrected chi connectivity index (χ3v) is 5.21. The molecule has 1 aliphatic heterocycles. The van der Waals surface area contributed by atoms with E-state index < -0.39 is 47.3 Å². The zero-order chi connectivity index (χ0) is 17.2. The Labute approximate surface area is 134 Å². The lowest BCUT2D eigenvalue weighted by atomic mass is 9.98. The number of aliphatic hydroxyl groups is 3. The number of hydrogen-bond donors (Lipinski definition) is 4. The number of ether oxygens (including phenoxy) is 2. The number of hydrogen-bond acceptors (Lipinski definition) is 7. The summed E-state index contributed by atoms with van der Waals surface area (Å²) in [7, 11) is -2.67. The molecule has 2 rings (SSSR count). The average molecular weight is 347 g/mol. The summed E-state index contributed by atoms with van der Waals surface area (Å²) >= 11 is 0. The largest absolute Gasteiger partial charge is 0.394 e. The molecule has 8 nitrogen and oxygen atoms in total. The van der Waals surface area contributed by atoms with Crippen LogP contribution in [-0.4, -0.2) is 68.1 Å². The van der Waals surface area contributed by atoms with Gasteiger partial charge in [-0.05, 0) is 19.1 Å². The predicted molar refractivity (Wildman–Crippen MR) is 80.1 cm³/mol. The fraction of sp³-hybridized carbons (Fsp3) is 0.571. The molecule has 1 fully saturated rings. The fourth-order valence-electron chi connectivity index (χ4n) is 2.37. The number of aryl methyl sites for hydroxylation is 1. The highest BCUT2D eigenvalue weighted by Crippen LogP contribution is 2.23. The highest BCUT2D eigenvalue weighted by Gasteiger charge is 2.46. The van der Waals surface area contributed by atoms with Crippen molar-refractivity contribution in [1.29, 1.82) is 0 Å². The number of rotatable bonds is 5. The Balaban J connectivity index is 2.24. The van der Waals surface area contributed by atoms with E-state index in [4.69, 9.17) is 14.6 Å². The second-order valence-corrected chi connectivity index (χ2v) is 7.12. The first-order valence-corrected chi connectivity index (χ1v) is 8.52. The van der Waals surface area contributed by atoms with Crippen LogP contribution in [0.25, 0.3) is 0 Å². The Morgan fingerprint density at radius 1 is 1.22 bits per heavy atom. The van der Waals surface area contributed by atoms with Crippen molar-refractivity contribution in [1.82, 2.24) is 4.72 Å². The molecular weight excluding hydrogens is 326 g/mol. The van der Waals surface area contributed by atoms with E-state index in [9.17, 15) is 18.6 Å². The van der Waals surface area contributed by atoms with Crippen LogP contribution in [0.2, 0.25) is 0 Å². The molecule has 1 heterocycles. The first kappa shape index (κ1) is 18.3. The molecule has 23 heavy (non-hydrogen) atoms. The molecule has 0 bridgehead atoms. The highest BCUT2D eigenvalue weighted by molar-refractivity contribution is 7.89. The molecule has 9 heteroatoms. The van der Waals surface area contributed by atoms with Crippen molar-refractivity contribution in [3.63, 3.8) is 0 Å². The molecule has 5 atom stereocenters. The molecule has 4 N–H and O–H groups in total. The average Bonchev–Trinajstić information content (AvgIpc) is 2.52. The minimum absolute atomic E-state index is 0.0175. The molecule has 1 aromatic rings. The minimum atomic E-state index is -3.94. The predicted octanol–water partition coefficient (Wildman–Crippen LogP) is -1.27. The van der Waals surface area contributed by atoms with Gasteiger partial charge in [0.25, 0.3) is 0 Å². The van der Waals surface area contributed by atoms with E-state index >= 15 is 0 Å². The molecular formula is C14H21NO7S. The lowest BCUT2D eigenvalue weighted by Gasteiger charge is -2.41. The maximum atomic E-state index is 12.4. The molecule has 1 aromatic carbocycles. The van der Waals surface area contributed by atoms with E-state index in [2.05, 4.69) is 4.72 Å². The van der Waals surface area contributed by atoms with Gasteiger partial charge in [-0.15, -0.1) is 0 Å². The van der Waals surface area contributed by atoms with Gasteiger partial charge in [-0.3, -0.25) is 0 Å². The van der Waals surface area contributed by atoms with Crippen molar-refractivity contribution in [2.24, 2.45) is 0 Å².